The van der Waals surface area contributed by atoms with Gasteiger partial charge in [0.1, 0.15) is 6.61 Å². The zero-order valence-corrected chi connectivity index (χ0v) is 4.85. The SMILES string of the molecule is COC(O)(S)CO. The third kappa shape index (κ3) is 2.87. The maximum absolute atomic E-state index is 8.52. The Balaban J connectivity index is 3.36. The van der Waals surface area contributed by atoms with Gasteiger partial charge in [0.2, 0.25) is 5.12 Å². The number of rotatable bonds is 2. The summed E-state index contributed by atoms with van der Waals surface area (Å²) in [6, 6.07) is 0. The van der Waals surface area contributed by atoms with Crippen LogP contribution in [-0.2, 0) is 4.74 Å². The zero-order valence-electron chi connectivity index (χ0n) is 3.96. The summed E-state index contributed by atoms with van der Waals surface area (Å²) in [6.45, 7) is -0.507. The van der Waals surface area contributed by atoms with Gasteiger partial charge in [0.15, 0.2) is 0 Å². The Morgan fingerprint density at radius 2 is 2.29 bits per heavy atom. The zero-order chi connectivity index (χ0) is 5.91. The van der Waals surface area contributed by atoms with Crippen molar-refractivity contribution < 1.29 is 14.9 Å². The lowest BCUT2D eigenvalue weighted by molar-refractivity contribution is -0.132. The topological polar surface area (TPSA) is 49.7 Å². The van der Waals surface area contributed by atoms with E-state index in [1.54, 1.807) is 0 Å². The molecule has 0 aromatic rings. The summed E-state index contributed by atoms with van der Waals surface area (Å²) < 4.78 is 4.26. The predicted octanol–water partition coefficient (Wildman–Crippen LogP) is -0.799. The van der Waals surface area contributed by atoms with Crippen LogP contribution in [0, 0.1) is 0 Å². The summed E-state index contributed by atoms with van der Waals surface area (Å²) in [7, 11) is 1.25. The van der Waals surface area contributed by atoms with Crippen LogP contribution in [-0.4, -0.2) is 29.0 Å². The number of hydrogen-bond donors (Lipinski definition) is 3. The summed E-state index contributed by atoms with van der Waals surface area (Å²) >= 11 is 3.47. The number of ether oxygens (including phenoxy) is 1. The fraction of sp³-hybridized carbons (Fsp3) is 1.00. The Kier molecular flexibility index (Phi) is 2.60. The summed E-state index contributed by atoms with van der Waals surface area (Å²) in [5.74, 6) is 0. The van der Waals surface area contributed by atoms with Crippen LogP contribution in [0.5, 0.6) is 0 Å². The fourth-order valence-electron chi connectivity index (χ4n) is 0.0645. The second kappa shape index (κ2) is 2.52. The van der Waals surface area contributed by atoms with E-state index >= 15 is 0 Å². The molecule has 0 heterocycles. The van der Waals surface area contributed by atoms with Crippen LogP contribution in [0.1, 0.15) is 0 Å². The molecule has 0 aliphatic heterocycles. The molecule has 0 aromatic heterocycles. The summed E-state index contributed by atoms with van der Waals surface area (Å²) in [4.78, 5) is 0. The molecule has 0 rings (SSSR count). The first-order chi connectivity index (χ1) is 3.12. The molecule has 0 saturated heterocycles. The van der Waals surface area contributed by atoms with Crippen molar-refractivity contribution in [3.8, 4) is 0 Å². The molecule has 3 nitrogen and oxygen atoms in total. The molecule has 7 heavy (non-hydrogen) atoms. The lowest BCUT2D eigenvalue weighted by Gasteiger charge is -2.15. The number of methoxy groups -OCH3 is 1. The highest BCUT2D eigenvalue weighted by Gasteiger charge is 2.17. The fourth-order valence-corrected chi connectivity index (χ4v) is 0.0645. The maximum Gasteiger partial charge on any atom is 0.236 e. The van der Waals surface area contributed by atoms with Crippen molar-refractivity contribution in [3.05, 3.63) is 0 Å². The first kappa shape index (κ1) is 7.23. The minimum absolute atomic E-state index is 0.507. The number of hydrogen-bond acceptors (Lipinski definition) is 4. The van der Waals surface area contributed by atoms with Gasteiger partial charge in [0, 0.05) is 7.11 Å². The van der Waals surface area contributed by atoms with Crippen molar-refractivity contribution in [3.63, 3.8) is 0 Å². The highest BCUT2D eigenvalue weighted by molar-refractivity contribution is 7.81. The molecule has 0 radical (unpaired) electrons. The van der Waals surface area contributed by atoms with Gasteiger partial charge in [0.25, 0.3) is 0 Å². The second-order valence-corrected chi connectivity index (χ2v) is 1.80. The monoisotopic (exact) mass is 124 g/mol. The van der Waals surface area contributed by atoms with Gasteiger partial charge in [-0.25, -0.2) is 0 Å². The lowest BCUT2D eigenvalue weighted by Crippen LogP contribution is -2.27. The van der Waals surface area contributed by atoms with E-state index in [0.717, 1.165) is 0 Å². The van der Waals surface area contributed by atoms with E-state index in [4.69, 9.17) is 10.2 Å². The standard InChI is InChI=1S/C3H8O3S/c1-6-3(5,7)2-4/h4-5,7H,2H2,1H3. The third-order valence-electron chi connectivity index (χ3n) is 0.533. The first-order valence-electron chi connectivity index (χ1n) is 1.73. The van der Waals surface area contributed by atoms with Crippen LogP contribution in [0.15, 0.2) is 0 Å². The van der Waals surface area contributed by atoms with Crippen LogP contribution in [0.25, 0.3) is 0 Å². The molecule has 1 atom stereocenters. The van der Waals surface area contributed by atoms with E-state index in [2.05, 4.69) is 17.4 Å². The van der Waals surface area contributed by atoms with Gasteiger partial charge >= 0.3 is 0 Å². The largest absolute Gasteiger partial charge is 0.390 e. The number of aliphatic hydroxyl groups is 2. The van der Waals surface area contributed by atoms with Gasteiger partial charge < -0.3 is 14.9 Å². The van der Waals surface area contributed by atoms with E-state index < -0.39 is 11.7 Å². The Morgan fingerprint density at radius 3 is 2.29 bits per heavy atom. The van der Waals surface area contributed by atoms with Crippen molar-refractivity contribution in [1.82, 2.24) is 0 Å². The van der Waals surface area contributed by atoms with Gasteiger partial charge in [0.05, 0.1) is 0 Å². The molecule has 44 valence electrons. The molecule has 0 amide bonds. The van der Waals surface area contributed by atoms with Crippen LogP contribution in [0.2, 0.25) is 0 Å². The summed E-state index contributed by atoms with van der Waals surface area (Å²) in [6.07, 6.45) is 0. The Bertz CT molecular complexity index is 48.1. The molecule has 0 aliphatic rings. The van der Waals surface area contributed by atoms with Crippen LogP contribution < -0.4 is 0 Å². The highest BCUT2D eigenvalue weighted by atomic mass is 32.1. The highest BCUT2D eigenvalue weighted by Crippen LogP contribution is 2.07. The summed E-state index contributed by atoms with van der Waals surface area (Å²) in [5.41, 5.74) is 0. The van der Waals surface area contributed by atoms with Crippen LogP contribution in [0.4, 0.5) is 0 Å². The molecule has 2 N–H and O–H groups in total. The van der Waals surface area contributed by atoms with E-state index in [1.807, 2.05) is 0 Å². The molecule has 1 unspecified atom stereocenters. The third-order valence-corrected chi connectivity index (χ3v) is 0.857. The Hall–Kier alpha value is 0.230. The van der Waals surface area contributed by atoms with E-state index in [9.17, 15) is 0 Å². The molecular formula is C3H8O3S. The lowest BCUT2D eigenvalue weighted by atomic mass is 10.7. The molecule has 0 aromatic carbocycles. The predicted molar refractivity (Wildman–Crippen MR) is 28.0 cm³/mol. The normalized spacial score (nSPS) is 18.9. The molecular weight excluding hydrogens is 116 g/mol. The van der Waals surface area contributed by atoms with Gasteiger partial charge in [-0.15, -0.1) is 12.6 Å². The van der Waals surface area contributed by atoms with E-state index in [0.29, 0.717) is 0 Å². The average molecular weight is 124 g/mol. The molecule has 0 saturated carbocycles. The van der Waals surface area contributed by atoms with Crippen LogP contribution in [0.3, 0.4) is 0 Å². The molecule has 0 spiro atoms. The molecule has 0 aliphatic carbocycles. The number of thiol groups is 1. The molecule has 0 bridgehead atoms. The van der Waals surface area contributed by atoms with Crippen molar-refractivity contribution in [2.24, 2.45) is 0 Å². The van der Waals surface area contributed by atoms with Crippen molar-refractivity contribution >= 4 is 12.6 Å². The van der Waals surface area contributed by atoms with Gasteiger partial charge in [-0.3, -0.25) is 0 Å². The Labute approximate surface area is 47.3 Å². The quantitative estimate of drug-likeness (QED) is 0.334. The van der Waals surface area contributed by atoms with Crippen molar-refractivity contribution in [2.75, 3.05) is 13.7 Å². The van der Waals surface area contributed by atoms with Crippen LogP contribution >= 0.6 is 12.6 Å². The smallest absolute Gasteiger partial charge is 0.236 e. The minimum atomic E-state index is -1.67. The number of aliphatic hydroxyl groups excluding tert-OH is 1. The van der Waals surface area contributed by atoms with E-state index in [1.165, 1.54) is 7.11 Å². The second-order valence-electron chi connectivity index (χ2n) is 1.11. The van der Waals surface area contributed by atoms with Gasteiger partial charge in [-0.1, -0.05) is 0 Å². The average Bonchev–Trinajstić information content (AvgIpc) is 1.68. The molecule has 0 fully saturated rings. The van der Waals surface area contributed by atoms with E-state index in [-0.39, 0.29) is 0 Å². The molecule has 4 heteroatoms. The first-order valence-corrected chi connectivity index (χ1v) is 2.18. The Morgan fingerprint density at radius 1 is 1.86 bits per heavy atom. The maximum atomic E-state index is 8.52. The van der Waals surface area contributed by atoms with Crippen molar-refractivity contribution in [1.29, 1.82) is 0 Å². The van der Waals surface area contributed by atoms with Crippen molar-refractivity contribution in [2.45, 2.75) is 5.12 Å². The minimum Gasteiger partial charge on any atom is -0.390 e. The van der Waals surface area contributed by atoms with Gasteiger partial charge in [-0.05, 0) is 0 Å². The summed E-state index contributed by atoms with van der Waals surface area (Å²) in [5, 5.41) is 15.0. The van der Waals surface area contributed by atoms with Gasteiger partial charge in [-0.2, -0.15) is 0 Å².